The lowest BCUT2D eigenvalue weighted by Gasteiger charge is -2.41. The Morgan fingerprint density at radius 3 is 2.17 bits per heavy atom. The summed E-state index contributed by atoms with van der Waals surface area (Å²) in [6.07, 6.45) is 3.54. The molecule has 7 N–H and O–H groups in total. The number of nitrogens with zero attached hydrogens (tertiary/aromatic N) is 2. The van der Waals surface area contributed by atoms with Gasteiger partial charge in [-0.05, 0) is 73.4 Å². The zero-order valence-corrected chi connectivity index (χ0v) is 42.9. The number of nitrogens with two attached hydrogens (primary N) is 1. The Balaban J connectivity index is 1.58. The van der Waals surface area contributed by atoms with Crippen LogP contribution in [0.3, 0.4) is 0 Å². The van der Waals surface area contributed by atoms with E-state index in [0.717, 1.165) is 42.3 Å². The van der Waals surface area contributed by atoms with Crippen LogP contribution >= 0.6 is 0 Å². The maximum absolute atomic E-state index is 15.1. The normalized spacial score (nSPS) is 14.0. The number of halogens is 2. The first-order chi connectivity index (χ1) is 30.9. The molecule has 0 saturated heterocycles. The van der Waals surface area contributed by atoms with Crippen LogP contribution in [0.25, 0.3) is 11.1 Å². The van der Waals surface area contributed by atoms with Gasteiger partial charge in [-0.15, -0.1) is 0 Å². The molecular formula is C49H78F2N6O7Si2. The van der Waals surface area contributed by atoms with E-state index < -0.39 is 76.0 Å². The number of unbranched alkanes of at least 4 members (excludes halogenated alkanes) is 1. The Hall–Kier alpha value is -4.27. The molecule has 13 nitrogen and oxygen atoms in total. The van der Waals surface area contributed by atoms with Crippen LogP contribution in [-0.4, -0.2) is 111 Å². The number of carbonyl (C=O) groups is 4. The second kappa shape index (κ2) is 26.3. The van der Waals surface area contributed by atoms with Crippen LogP contribution in [0.1, 0.15) is 83.0 Å². The van der Waals surface area contributed by atoms with Crippen molar-refractivity contribution >= 4 is 39.8 Å². The van der Waals surface area contributed by atoms with Gasteiger partial charge in [-0.2, -0.15) is 0 Å². The molecule has 0 saturated carbocycles. The van der Waals surface area contributed by atoms with Crippen LogP contribution < -0.4 is 21.7 Å². The second-order valence-electron chi connectivity index (χ2n) is 20.8. The van der Waals surface area contributed by atoms with Gasteiger partial charge in [-0.3, -0.25) is 19.2 Å². The molecule has 2 aromatic carbocycles. The lowest BCUT2D eigenvalue weighted by atomic mass is 9.82. The third-order valence-corrected chi connectivity index (χ3v) is 14.9. The van der Waals surface area contributed by atoms with Crippen LogP contribution in [0.5, 0.6) is 0 Å². The molecule has 0 aliphatic carbocycles. The van der Waals surface area contributed by atoms with Crippen molar-refractivity contribution < 1.29 is 42.9 Å². The lowest BCUT2D eigenvalue weighted by molar-refractivity contribution is -0.140. The van der Waals surface area contributed by atoms with Gasteiger partial charge in [0.15, 0.2) is 6.29 Å². The number of aliphatic hydroxyl groups is 2. The molecule has 17 heteroatoms. The summed E-state index contributed by atoms with van der Waals surface area (Å²) in [7, 11) is -2.65. The van der Waals surface area contributed by atoms with E-state index in [0.29, 0.717) is 56.6 Å². The smallest absolute Gasteiger partial charge is 0.248 e. The second-order valence-corrected chi connectivity index (χ2v) is 32.1. The van der Waals surface area contributed by atoms with Crippen molar-refractivity contribution in [3.63, 3.8) is 0 Å². The molecule has 4 atom stereocenters. The van der Waals surface area contributed by atoms with Crippen molar-refractivity contribution in [1.29, 1.82) is 0 Å². The third-order valence-electron chi connectivity index (χ3n) is 11.3. The van der Waals surface area contributed by atoms with Crippen molar-refractivity contribution in [1.82, 2.24) is 25.4 Å². The molecule has 368 valence electrons. The van der Waals surface area contributed by atoms with Gasteiger partial charge in [-0.1, -0.05) is 96.4 Å². The Morgan fingerprint density at radius 1 is 0.848 bits per heavy atom. The predicted octanol–water partition coefficient (Wildman–Crippen LogP) is 7.18. The minimum absolute atomic E-state index is 0.00603. The molecule has 3 rings (SSSR count). The van der Waals surface area contributed by atoms with Crippen molar-refractivity contribution in [3.8, 4) is 11.1 Å². The number of benzene rings is 2. The summed E-state index contributed by atoms with van der Waals surface area (Å²) in [6, 6.07) is 14.2. The molecule has 0 radical (unpaired) electrons. The molecule has 4 amide bonds. The molecule has 1 heterocycles. The number of amides is 4. The van der Waals surface area contributed by atoms with Crippen LogP contribution in [0.15, 0.2) is 60.8 Å². The molecular weight excluding hydrogens is 879 g/mol. The molecule has 0 bridgehead atoms. The first-order valence-electron chi connectivity index (χ1n) is 23.4. The zero-order valence-electron chi connectivity index (χ0n) is 40.9. The number of aliphatic hydroxyl groups excluding tert-OH is 2. The SMILES string of the molecule is CC(C)(C)[C@H](c1cc(-c2cc(F)ccc2F)cn1Cc1ccccc1)N(CC[C@H](N)C(=O)NCCC(=O)NCCCC[C@H](NC(=O)CCC[Si](C)(C)C)C(O)OCC[Si](C)(C)C)C(=O)CO. The Morgan fingerprint density at radius 2 is 1.53 bits per heavy atom. The van der Waals surface area contributed by atoms with Gasteiger partial charge in [0.25, 0.3) is 0 Å². The molecule has 1 unspecified atom stereocenters. The minimum Gasteiger partial charge on any atom is -0.387 e. The summed E-state index contributed by atoms with van der Waals surface area (Å²) in [5, 5.41) is 29.6. The van der Waals surface area contributed by atoms with E-state index in [4.69, 9.17) is 10.5 Å². The highest BCUT2D eigenvalue weighted by molar-refractivity contribution is 6.76. The fourth-order valence-corrected chi connectivity index (χ4v) is 9.66. The van der Waals surface area contributed by atoms with E-state index in [2.05, 4.69) is 55.2 Å². The van der Waals surface area contributed by atoms with Gasteiger partial charge >= 0.3 is 0 Å². The molecule has 1 aromatic heterocycles. The van der Waals surface area contributed by atoms with Crippen LogP contribution in [0.4, 0.5) is 8.78 Å². The summed E-state index contributed by atoms with van der Waals surface area (Å²) in [5.41, 5.74) is 7.72. The third kappa shape index (κ3) is 19.9. The average molecular weight is 957 g/mol. The number of aromatic nitrogens is 1. The van der Waals surface area contributed by atoms with Gasteiger partial charge in [-0.25, -0.2) is 8.78 Å². The summed E-state index contributed by atoms with van der Waals surface area (Å²) in [4.78, 5) is 53.7. The number of ether oxygens (including phenoxy) is 1. The molecule has 0 aliphatic heterocycles. The number of hydrogen-bond donors (Lipinski definition) is 6. The highest BCUT2D eigenvalue weighted by Crippen LogP contribution is 2.41. The van der Waals surface area contributed by atoms with Crippen LogP contribution in [0, 0.1) is 17.0 Å². The fourth-order valence-electron chi connectivity index (χ4n) is 7.69. The first kappa shape index (κ1) is 56.1. The van der Waals surface area contributed by atoms with Gasteiger partial charge in [0, 0.05) is 84.8 Å². The van der Waals surface area contributed by atoms with Gasteiger partial charge in [0.1, 0.15) is 18.2 Å². The van der Waals surface area contributed by atoms with Gasteiger partial charge in [0.2, 0.25) is 23.6 Å². The van der Waals surface area contributed by atoms with Crippen LogP contribution in [-0.2, 0) is 30.5 Å². The standard InChI is InChI=1S/C49H78F2N6O7Si2/c1-49(2,3)46(42-30-36(38-31-37(50)20-21-39(38)51)33-56(42)32-35-16-11-10-12-17-35)57(45(61)34-58)26-23-40(52)47(62)54-25-22-43(59)53-24-14-13-18-41(48(63)64-27-29-66(7,8)9)55-44(60)19-15-28-65(4,5)6/h10-12,16-17,20-21,30-31,33,40-41,46,48,58,63H,13-15,18-19,22-29,32,34,52H2,1-9H3,(H,53,59)(H,54,62)(H,55,60)/t40-,41-,46-,48?/m0/s1. The number of rotatable bonds is 28. The van der Waals surface area contributed by atoms with E-state index in [-0.39, 0.29) is 43.3 Å². The van der Waals surface area contributed by atoms with Crippen molar-refractivity contribution in [3.05, 3.63) is 83.7 Å². The Kier molecular flexibility index (Phi) is 22.4. The fraction of sp³-hybridized carbons (Fsp3) is 0.592. The van der Waals surface area contributed by atoms with Crippen molar-refractivity contribution in [2.75, 3.05) is 32.8 Å². The van der Waals surface area contributed by atoms with E-state index in [1.54, 1.807) is 12.3 Å². The maximum atomic E-state index is 15.1. The van der Waals surface area contributed by atoms with E-state index in [9.17, 15) is 33.8 Å². The molecule has 0 fully saturated rings. The highest BCUT2D eigenvalue weighted by Gasteiger charge is 2.37. The Labute approximate surface area is 393 Å². The number of carbonyl (C=O) groups excluding carboxylic acids is 4. The van der Waals surface area contributed by atoms with Crippen molar-refractivity contribution in [2.24, 2.45) is 11.1 Å². The summed E-state index contributed by atoms with van der Waals surface area (Å²) in [5.74, 6) is -2.69. The Bertz CT molecular complexity index is 2000. The first-order valence-corrected chi connectivity index (χ1v) is 30.8. The number of hydrogen-bond acceptors (Lipinski definition) is 8. The highest BCUT2D eigenvalue weighted by atomic mass is 28.3. The van der Waals surface area contributed by atoms with E-state index >= 15 is 4.39 Å². The summed E-state index contributed by atoms with van der Waals surface area (Å²) < 4.78 is 37.2. The molecule has 3 aromatic rings. The monoisotopic (exact) mass is 957 g/mol. The average Bonchev–Trinajstić information content (AvgIpc) is 3.62. The molecule has 66 heavy (non-hydrogen) atoms. The number of nitrogens with one attached hydrogen (secondary N) is 3. The van der Waals surface area contributed by atoms with Crippen molar-refractivity contribution in [2.45, 2.75) is 148 Å². The topological polar surface area (TPSA) is 188 Å². The predicted molar refractivity (Wildman–Crippen MR) is 263 cm³/mol. The zero-order chi connectivity index (χ0) is 49.2. The van der Waals surface area contributed by atoms with E-state index in [1.165, 1.54) is 4.90 Å². The quantitative estimate of drug-likeness (QED) is 0.0251. The summed E-state index contributed by atoms with van der Waals surface area (Å²) in [6.45, 7) is 19.7. The lowest BCUT2D eigenvalue weighted by Crippen LogP contribution is -2.47. The molecule has 0 spiro atoms. The van der Waals surface area contributed by atoms with Crippen LogP contribution in [0.2, 0.25) is 51.4 Å². The van der Waals surface area contributed by atoms with Gasteiger partial charge in [0.05, 0.1) is 18.1 Å². The van der Waals surface area contributed by atoms with Gasteiger partial charge < -0.3 is 46.1 Å². The molecule has 0 aliphatic rings. The maximum Gasteiger partial charge on any atom is 0.248 e. The van der Waals surface area contributed by atoms with E-state index in [1.807, 2.05) is 55.7 Å². The minimum atomic E-state index is -1.38. The largest absolute Gasteiger partial charge is 0.387 e. The summed E-state index contributed by atoms with van der Waals surface area (Å²) >= 11 is 0.